The predicted octanol–water partition coefficient (Wildman–Crippen LogP) is 2.46. The second kappa shape index (κ2) is 6.46. The Labute approximate surface area is 134 Å². The number of aromatic carboxylic acids is 1. The average molecular weight is 348 g/mol. The van der Waals surface area contributed by atoms with E-state index in [4.69, 9.17) is 28.3 Å². The van der Waals surface area contributed by atoms with Crippen LogP contribution in [0.4, 0.5) is 0 Å². The number of hydrogen-bond donors (Lipinski definition) is 2. The van der Waals surface area contributed by atoms with Gasteiger partial charge < -0.3 is 15.0 Å². The van der Waals surface area contributed by atoms with Crippen molar-refractivity contribution in [2.45, 2.75) is 6.42 Å². The fraction of sp³-hybridized carbons (Fsp3) is 0.250. The van der Waals surface area contributed by atoms with Gasteiger partial charge in [0.15, 0.2) is 5.69 Å². The van der Waals surface area contributed by atoms with Crippen LogP contribution in [0, 0.1) is 0 Å². The predicted molar refractivity (Wildman–Crippen MR) is 80.5 cm³/mol. The Balaban J connectivity index is 1.92. The lowest BCUT2D eigenvalue weighted by atomic mass is 10.3. The molecule has 2 rings (SSSR count). The van der Waals surface area contributed by atoms with E-state index in [2.05, 4.69) is 10.3 Å². The molecular formula is C12H11Cl2N3O3S. The van der Waals surface area contributed by atoms with Crippen molar-refractivity contribution in [2.24, 2.45) is 7.05 Å². The van der Waals surface area contributed by atoms with Gasteiger partial charge in [0.1, 0.15) is 10.8 Å². The summed E-state index contributed by atoms with van der Waals surface area (Å²) in [6.45, 7) is 0.339. The van der Waals surface area contributed by atoms with Gasteiger partial charge in [-0.05, 0) is 6.07 Å². The minimum Gasteiger partial charge on any atom is -0.476 e. The Morgan fingerprint density at radius 1 is 1.48 bits per heavy atom. The van der Waals surface area contributed by atoms with Crippen molar-refractivity contribution in [3.63, 3.8) is 0 Å². The Morgan fingerprint density at radius 3 is 2.71 bits per heavy atom. The zero-order chi connectivity index (χ0) is 15.6. The summed E-state index contributed by atoms with van der Waals surface area (Å²) in [7, 11) is 1.64. The lowest BCUT2D eigenvalue weighted by Crippen LogP contribution is -2.27. The molecule has 1 amide bonds. The molecule has 0 aliphatic heterocycles. The van der Waals surface area contributed by atoms with Crippen LogP contribution >= 0.6 is 34.5 Å². The maximum atomic E-state index is 12.0. The lowest BCUT2D eigenvalue weighted by Gasteiger charge is -2.05. The second-order valence-electron chi connectivity index (χ2n) is 4.16. The largest absolute Gasteiger partial charge is 0.476 e. The van der Waals surface area contributed by atoms with Crippen molar-refractivity contribution in [3.05, 3.63) is 38.0 Å². The Hall–Kier alpha value is -1.57. The number of hydrogen-bond acceptors (Lipinski definition) is 4. The van der Waals surface area contributed by atoms with Crippen molar-refractivity contribution in [1.29, 1.82) is 0 Å². The highest BCUT2D eigenvalue weighted by atomic mass is 35.5. The van der Waals surface area contributed by atoms with Crippen LogP contribution in [-0.2, 0) is 13.5 Å². The van der Waals surface area contributed by atoms with Crippen molar-refractivity contribution >= 4 is 46.4 Å². The van der Waals surface area contributed by atoms with E-state index < -0.39 is 5.97 Å². The number of halogens is 2. The van der Waals surface area contributed by atoms with Crippen LogP contribution in [0.1, 0.15) is 26.0 Å². The molecule has 112 valence electrons. The lowest BCUT2D eigenvalue weighted by molar-refractivity contribution is 0.0690. The number of rotatable bonds is 5. The van der Waals surface area contributed by atoms with Crippen LogP contribution in [0.25, 0.3) is 0 Å². The minimum absolute atomic E-state index is 0.0160. The number of aromatic nitrogens is 2. The molecule has 2 aromatic heterocycles. The standard InChI is InChI=1S/C12H11Cl2N3O3S/c1-17-8(4-6(13)10(17)14)11(18)15-3-2-9-16-7(5-21-9)12(19)20/h4-5H,2-3H2,1H3,(H,15,18)(H,19,20). The van der Waals surface area contributed by atoms with Crippen molar-refractivity contribution in [1.82, 2.24) is 14.9 Å². The first-order valence-electron chi connectivity index (χ1n) is 5.86. The molecule has 0 radical (unpaired) electrons. The van der Waals surface area contributed by atoms with Gasteiger partial charge in [-0.2, -0.15) is 0 Å². The molecule has 0 saturated carbocycles. The zero-order valence-electron chi connectivity index (χ0n) is 10.9. The van der Waals surface area contributed by atoms with Crippen molar-refractivity contribution < 1.29 is 14.7 Å². The van der Waals surface area contributed by atoms with Crippen LogP contribution < -0.4 is 5.32 Å². The minimum atomic E-state index is -1.06. The second-order valence-corrected chi connectivity index (χ2v) is 5.87. The van der Waals surface area contributed by atoms with Crippen molar-refractivity contribution in [2.75, 3.05) is 6.54 Å². The third-order valence-corrected chi connectivity index (χ3v) is 4.49. The highest BCUT2D eigenvalue weighted by Crippen LogP contribution is 2.24. The van der Waals surface area contributed by atoms with Crippen LogP contribution in [-0.4, -0.2) is 33.1 Å². The van der Waals surface area contributed by atoms with Gasteiger partial charge in [-0.1, -0.05) is 23.2 Å². The third-order valence-electron chi connectivity index (χ3n) is 2.74. The molecule has 2 heterocycles. The summed E-state index contributed by atoms with van der Waals surface area (Å²) in [5.41, 5.74) is 0.373. The normalized spacial score (nSPS) is 10.6. The first-order valence-corrected chi connectivity index (χ1v) is 7.50. The summed E-state index contributed by atoms with van der Waals surface area (Å²) < 4.78 is 1.49. The molecule has 0 unspecified atom stereocenters. The molecule has 0 aliphatic rings. The van der Waals surface area contributed by atoms with E-state index in [1.807, 2.05) is 0 Å². The Morgan fingerprint density at radius 2 is 2.19 bits per heavy atom. The highest BCUT2D eigenvalue weighted by Gasteiger charge is 2.15. The van der Waals surface area contributed by atoms with Gasteiger partial charge >= 0.3 is 5.97 Å². The average Bonchev–Trinajstić information content (AvgIpc) is 3.00. The van der Waals surface area contributed by atoms with Gasteiger partial charge in [0.2, 0.25) is 0 Å². The molecular weight excluding hydrogens is 337 g/mol. The summed E-state index contributed by atoms with van der Waals surface area (Å²) in [6, 6.07) is 1.49. The molecule has 0 fully saturated rings. The summed E-state index contributed by atoms with van der Waals surface area (Å²) in [5.74, 6) is -1.36. The van der Waals surface area contributed by atoms with Gasteiger partial charge in [-0.3, -0.25) is 4.79 Å². The van der Waals surface area contributed by atoms with E-state index in [-0.39, 0.29) is 11.6 Å². The van der Waals surface area contributed by atoms with Gasteiger partial charge in [-0.15, -0.1) is 11.3 Å². The SMILES string of the molecule is Cn1c(C(=O)NCCc2nc(C(=O)O)cs2)cc(Cl)c1Cl. The van der Waals surface area contributed by atoms with Crippen LogP contribution in [0.3, 0.4) is 0 Å². The van der Waals surface area contributed by atoms with Gasteiger partial charge in [-0.25, -0.2) is 9.78 Å². The quantitative estimate of drug-likeness (QED) is 0.869. The Kier molecular flexibility index (Phi) is 4.87. The van der Waals surface area contributed by atoms with Crippen LogP contribution in [0.2, 0.25) is 10.2 Å². The topological polar surface area (TPSA) is 84.2 Å². The van der Waals surface area contributed by atoms with Gasteiger partial charge in [0.25, 0.3) is 5.91 Å². The molecule has 21 heavy (non-hydrogen) atoms. The van der Waals surface area contributed by atoms with E-state index in [9.17, 15) is 9.59 Å². The molecule has 6 nitrogen and oxygen atoms in total. The first kappa shape index (κ1) is 15.8. The first-order chi connectivity index (χ1) is 9.90. The smallest absolute Gasteiger partial charge is 0.355 e. The number of carboxylic acid groups (broad SMARTS) is 1. The van der Waals surface area contributed by atoms with E-state index in [0.717, 1.165) is 0 Å². The molecule has 0 atom stereocenters. The van der Waals surface area contributed by atoms with E-state index in [1.165, 1.54) is 27.4 Å². The van der Waals surface area contributed by atoms with E-state index >= 15 is 0 Å². The van der Waals surface area contributed by atoms with Crippen LogP contribution in [0.15, 0.2) is 11.4 Å². The fourth-order valence-corrected chi connectivity index (χ4v) is 2.81. The van der Waals surface area contributed by atoms with Gasteiger partial charge in [0, 0.05) is 25.4 Å². The Bertz CT molecular complexity index is 696. The summed E-state index contributed by atoms with van der Waals surface area (Å²) in [6.07, 6.45) is 0.454. The fourth-order valence-electron chi connectivity index (χ4n) is 1.66. The number of nitrogens with zero attached hydrogens (tertiary/aromatic N) is 2. The summed E-state index contributed by atoms with van der Waals surface area (Å²) in [4.78, 5) is 26.6. The molecule has 9 heteroatoms. The third kappa shape index (κ3) is 3.55. The van der Waals surface area contributed by atoms with E-state index in [0.29, 0.717) is 33.8 Å². The molecule has 0 aliphatic carbocycles. The number of amides is 1. The molecule has 0 spiro atoms. The number of carboxylic acids is 1. The number of carbonyl (C=O) groups is 2. The highest BCUT2D eigenvalue weighted by molar-refractivity contribution is 7.09. The van der Waals surface area contributed by atoms with E-state index in [1.54, 1.807) is 7.05 Å². The van der Waals surface area contributed by atoms with Gasteiger partial charge in [0.05, 0.1) is 10.0 Å². The van der Waals surface area contributed by atoms with Crippen LogP contribution in [0.5, 0.6) is 0 Å². The zero-order valence-corrected chi connectivity index (χ0v) is 13.2. The molecule has 2 aromatic rings. The summed E-state index contributed by atoms with van der Waals surface area (Å²) >= 11 is 13.0. The molecule has 0 aromatic carbocycles. The number of thiazole rings is 1. The number of carbonyl (C=O) groups excluding carboxylic acids is 1. The van der Waals surface area contributed by atoms with Crippen molar-refractivity contribution in [3.8, 4) is 0 Å². The number of nitrogens with one attached hydrogen (secondary N) is 1. The monoisotopic (exact) mass is 347 g/mol. The maximum absolute atomic E-state index is 12.0. The molecule has 0 bridgehead atoms. The summed E-state index contributed by atoms with van der Waals surface area (Å²) in [5, 5.41) is 14.2. The maximum Gasteiger partial charge on any atom is 0.355 e. The molecule has 2 N–H and O–H groups in total. The molecule has 0 saturated heterocycles.